The minimum atomic E-state index is -0.508. The molecule has 1 atom stereocenters. The number of amides is 1. The summed E-state index contributed by atoms with van der Waals surface area (Å²) in [5.74, 6) is 0.438. The van der Waals surface area contributed by atoms with E-state index < -0.39 is 6.09 Å². The highest BCUT2D eigenvalue weighted by atomic mass is 16.5. The predicted octanol–water partition coefficient (Wildman–Crippen LogP) is 2.80. The standard InChI is InChI=1S/C18H19N5O2/c24-18(25-13-15-9-5-2-6-10-15)19-16(17-20-22-23-21-17)12-11-14-7-3-1-4-8-14/h1-10,16H,11-13H2,(H,19,24)(H,20,21,22,23). The average molecular weight is 337 g/mol. The van der Waals surface area contributed by atoms with Gasteiger partial charge < -0.3 is 10.1 Å². The highest BCUT2D eigenvalue weighted by molar-refractivity contribution is 5.67. The van der Waals surface area contributed by atoms with E-state index in [1.54, 1.807) is 0 Å². The fraction of sp³-hybridized carbons (Fsp3) is 0.222. The number of alkyl carbamates (subject to hydrolysis) is 1. The van der Waals surface area contributed by atoms with Crippen molar-refractivity contribution in [1.82, 2.24) is 25.9 Å². The number of benzene rings is 2. The number of hydrogen-bond donors (Lipinski definition) is 2. The number of nitrogens with zero attached hydrogens (tertiary/aromatic N) is 3. The Labute approximate surface area is 145 Å². The van der Waals surface area contributed by atoms with E-state index in [9.17, 15) is 4.79 Å². The number of nitrogens with one attached hydrogen (secondary N) is 2. The predicted molar refractivity (Wildman–Crippen MR) is 91.4 cm³/mol. The maximum atomic E-state index is 12.1. The van der Waals surface area contributed by atoms with Crippen LogP contribution in [0.2, 0.25) is 0 Å². The Morgan fingerprint density at radius 2 is 1.72 bits per heavy atom. The third-order valence-corrected chi connectivity index (χ3v) is 3.74. The van der Waals surface area contributed by atoms with Crippen molar-refractivity contribution in [2.24, 2.45) is 0 Å². The van der Waals surface area contributed by atoms with Gasteiger partial charge in [0.1, 0.15) is 6.61 Å². The number of aromatic nitrogens is 4. The van der Waals surface area contributed by atoms with Gasteiger partial charge in [-0.05, 0) is 24.0 Å². The van der Waals surface area contributed by atoms with Gasteiger partial charge in [0, 0.05) is 0 Å². The quantitative estimate of drug-likeness (QED) is 0.691. The van der Waals surface area contributed by atoms with Crippen LogP contribution in [0.1, 0.15) is 29.4 Å². The average Bonchev–Trinajstić information content (AvgIpc) is 3.20. The molecule has 0 bridgehead atoms. The second kappa shape index (κ2) is 8.58. The molecule has 0 saturated heterocycles. The van der Waals surface area contributed by atoms with E-state index in [0.29, 0.717) is 12.2 Å². The van der Waals surface area contributed by atoms with Crippen LogP contribution in [0.25, 0.3) is 0 Å². The minimum Gasteiger partial charge on any atom is -0.445 e. The van der Waals surface area contributed by atoms with Gasteiger partial charge in [0.05, 0.1) is 6.04 Å². The van der Waals surface area contributed by atoms with Crippen LogP contribution in [0.15, 0.2) is 60.7 Å². The maximum absolute atomic E-state index is 12.1. The second-order valence-electron chi connectivity index (χ2n) is 5.55. The molecule has 3 aromatic rings. The van der Waals surface area contributed by atoms with E-state index in [1.807, 2.05) is 60.7 Å². The molecule has 2 N–H and O–H groups in total. The molecule has 7 heteroatoms. The molecule has 7 nitrogen and oxygen atoms in total. The number of tetrazole rings is 1. The lowest BCUT2D eigenvalue weighted by molar-refractivity contribution is 0.134. The number of aromatic amines is 1. The summed E-state index contributed by atoms with van der Waals surface area (Å²) >= 11 is 0. The van der Waals surface area contributed by atoms with Crippen LogP contribution in [-0.4, -0.2) is 26.7 Å². The maximum Gasteiger partial charge on any atom is 0.408 e. The van der Waals surface area contributed by atoms with Crippen molar-refractivity contribution in [3.8, 4) is 0 Å². The van der Waals surface area contributed by atoms with E-state index in [4.69, 9.17) is 4.74 Å². The van der Waals surface area contributed by atoms with Crippen LogP contribution in [-0.2, 0) is 17.8 Å². The van der Waals surface area contributed by atoms with Crippen molar-refractivity contribution in [3.05, 3.63) is 77.6 Å². The summed E-state index contributed by atoms with van der Waals surface area (Å²) in [5, 5.41) is 16.8. The first kappa shape index (κ1) is 16.6. The first-order chi connectivity index (χ1) is 12.3. The molecule has 0 spiro atoms. The first-order valence-corrected chi connectivity index (χ1v) is 8.06. The Kier molecular flexibility index (Phi) is 5.71. The topological polar surface area (TPSA) is 92.8 Å². The van der Waals surface area contributed by atoms with Crippen LogP contribution >= 0.6 is 0 Å². The Morgan fingerprint density at radius 3 is 2.36 bits per heavy atom. The summed E-state index contributed by atoms with van der Waals surface area (Å²) in [5.41, 5.74) is 2.11. The molecule has 128 valence electrons. The van der Waals surface area contributed by atoms with Gasteiger partial charge in [0.25, 0.3) is 0 Å². The summed E-state index contributed by atoms with van der Waals surface area (Å²) < 4.78 is 5.27. The number of carbonyl (C=O) groups excluding carboxylic acids is 1. The minimum absolute atomic E-state index is 0.213. The van der Waals surface area contributed by atoms with Crippen LogP contribution in [0.3, 0.4) is 0 Å². The number of H-pyrrole nitrogens is 1. The summed E-state index contributed by atoms with van der Waals surface area (Å²) in [7, 11) is 0. The van der Waals surface area contributed by atoms with Crippen LogP contribution in [0.5, 0.6) is 0 Å². The summed E-state index contributed by atoms with van der Waals surface area (Å²) in [6.07, 6.45) is 0.912. The van der Waals surface area contributed by atoms with E-state index in [0.717, 1.165) is 12.0 Å². The normalized spacial score (nSPS) is 11.7. The number of rotatable bonds is 7. The van der Waals surface area contributed by atoms with Crippen LogP contribution < -0.4 is 5.32 Å². The van der Waals surface area contributed by atoms with Gasteiger partial charge in [-0.3, -0.25) is 0 Å². The fourth-order valence-electron chi connectivity index (χ4n) is 2.45. The SMILES string of the molecule is O=C(NC(CCc1ccccc1)c1nn[nH]n1)OCc1ccccc1. The second-order valence-corrected chi connectivity index (χ2v) is 5.55. The molecule has 1 unspecified atom stereocenters. The third kappa shape index (κ3) is 5.13. The van der Waals surface area contributed by atoms with Gasteiger partial charge in [0.15, 0.2) is 5.82 Å². The van der Waals surface area contributed by atoms with Crippen molar-refractivity contribution in [1.29, 1.82) is 0 Å². The van der Waals surface area contributed by atoms with Crippen molar-refractivity contribution in [3.63, 3.8) is 0 Å². The van der Waals surface area contributed by atoms with E-state index in [2.05, 4.69) is 25.9 Å². The molecule has 25 heavy (non-hydrogen) atoms. The molecule has 2 aromatic carbocycles. The summed E-state index contributed by atoms with van der Waals surface area (Å²) in [6.45, 7) is 0.213. The summed E-state index contributed by atoms with van der Waals surface area (Å²) in [6, 6.07) is 19.2. The first-order valence-electron chi connectivity index (χ1n) is 8.06. The highest BCUT2D eigenvalue weighted by Crippen LogP contribution is 2.15. The van der Waals surface area contributed by atoms with Gasteiger partial charge in [-0.25, -0.2) is 4.79 Å². The van der Waals surface area contributed by atoms with E-state index in [-0.39, 0.29) is 12.6 Å². The van der Waals surface area contributed by atoms with Gasteiger partial charge in [0.2, 0.25) is 0 Å². The lowest BCUT2D eigenvalue weighted by Gasteiger charge is -2.15. The van der Waals surface area contributed by atoms with Gasteiger partial charge >= 0.3 is 6.09 Å². The van der Waals surface area contributed by atoms with Crippen LogP contribution in [0.4, 0.5) is 4.79 Å². The molecule has 0 radical (unpaired) electrons. The molecule has 1 amide bonds. The number of aryl methyl sites for hydroxylation is 1. The number of ether oxygens (including phenoxy) is 1. The molecule has 0 fully saturated rings. The molecular formula is C18H19N5O2. The summed E-state index contributed by atoms with van der Waals surface area (Å²) in [4.78, 5) is 12.1. The fourth-order valence-corrected chi connectivity index (χ4v) is 2.45. The molecule has 0 aliphatic carbocycles. The molecule has 0 saturated carbocycles. The molecular weight excluding hydrogens is 318 g/mol. The molecule has 0 aliphatic heterocycles. The smallest absolute Gasteiger partial charge is 0.408 e. The zero-order valence-corrected chi connectivity index (χ0v) is 13.6. The Hall–Kier alpha value is -3.22. The van der Waals surface area contributed by atoms with Gasteiger partial charge in [-0.1, -0.05) is 65.9 Å². The van der Waals surface area contributed by atoms with Gasteiger partial charge in [-0.15, -0.1) is 10.2 Å². The van der Waals surface area contributed by atoms with E-state index in [1.165, 1.54) is 5.56 Å². The van der Waals surface area contributed by atoms with Crippen molar-refractivity contribution in [2.45, 2.75) is 25.5 Å². The van der Waals surface area contributed by atoms with Crippen molar-refractivity contribution < 1.29 is 9.53 Å². The molecule has 0 aliphatic rings. The monoisotopic (exact) mass is 337 g/mol. The molecule has 1 aromatic heterocycles. The Balaban J connectivity index is 1.57. The lowest BCUT2D eigenvalue weighted by atomic mass is 10.1. The largest absolute Gasteiger partial charge is 0.445 e. The zero-order valence-electron chi connectivity index (χ0n) is 13.6. The number of carbonyl (C=O) groups is 1. The van der Waals surface area contributed by atoms with Crippen LogP contribution in [0, 0.1) is 0 Å². The Morgan fingerprint density at radius 1 is 1.04 bits per heavy atom. The van der Waals surface area contributed by atoms with Crippen molar-refractivity contribution >= 4 is 6.09 Å². The molecule has 3 rings (SSSR count). The Bertz CT molecular complexity index is 763. The lowest BCUT2D eigenvalue weighted by Crippen LogP contribution is -2.30. The third-order valence-electron chi connectivity index (χ3n) is 3.74. The zero-order chi connectivity index (χ0) is 17.3. The van der Waals surface area contributed by atoms with Gasteiger partial charge in [-0.2, -0.15) is 5.21 Å². The highest BCUT2D eigenvalue weighted by Gasteiger charge is 2.19. The van der Waals surface area contributed by atoms with Crippen molar-refractivity contribution in [2.75, 3.05) is 0 Å². The number of hydrogen-bond acceptors (Lipinski definition) is 5. The van der Waals surface area contributed by atoms with E-state index >= 15 is 0 Å². The molecule has 1 heterocycles.